The van der Waals surface area contributed by atoms with Crippen LogP contribution in [0.5, 0.6) is 11.5 Å². The zero-order valence-corrected chi connectivity index (χ0v) is 16.8. The van der Waals surface area contributed by atoms with Gasteiger partial charge in [0.1, 0.15) is 11.5 Å². The van der Waals surface area contributed by atoms with Crippen molar-refractivity contribution in [2.24, 2.45) is 0 Å². The first-order valence-electron chi connectivity index (χ1n) is 9.78. The maximum Gasteiger partial charge on any atom is 0.416 e. The number of carbonyl (C=O) groups is 1. The van der Waals surface area contributed by atoms with Gasteiger partial charge < -0.3 is 14.4 Å². The maximum atomic E-state index is 12.6. The zero-order valence-electron chi connectivity index (χ0n) is 16.8. The average Bonchev–Trinajstić information content (AvgIpc) is 2.98. The van der Waals surface area contributed by atoms with Gasteiger partial charge in [0, 0.05) is 32.7 Å². The van der Waals surface area contributed by atoms with Crippen molar-refractivity contribution in [2.75, 3.05) is 39.9 Å². The molecule has 0 unspecified atom stereocenters. The third-order valence-corrected chi connectivity index (χ3v) is 5.05. The second-order valence-electron chi connectivity index (χ2n) is 7.17. The SMILES string of the molecule is COc1ccc(CN2CCCN(C(=O)COc3ccc(C(F)(F)F)cc3)CC2)cc1. The normalized spacial score (nSPS) is 15.5. The topological polar surface area (TPSA) is 42.0 Å². The second kappa shape index (κ2) is 9.84. The van der Waals surface area contributed by atoms with Crippen molar-refractivity contribution in [2.45, 2.75) is 19.1 Å². The Morgan fingerprint density at radius 1 is 0.933 bits per heavy atom. The van der Waals surface area contributed by atoms with Gasteiger partial charge in [-0.25, -0.2) is 0 Å². The Balaban J connectivity index is 1.46. The van der Waals surface area contributed by atoms with Gasteiger partial charge in [0.15, 0.2) is 6.61 Å². The monoisotopic (exact) mass is 422 g/mol. The highest BCUT2D eigenvalue weighted by atomic mass is 19.4. The molecule has 0 bridgehead atoms. The molecule has 0 radical (unpaired) electrons. The van der Waals surface area contributed by atoms with Crippen LogP contribution in [0.15, 0.2) is 48.5 Å². The Hall–Kier alpha value is -2.74. The van der Waals surface area contributed by atoms with E-state index < -0.39 is 11.7 Å². The number of nitrogens with zero attached hydrogens (tertiary/aromatic N) is 2. The minimum Gasteiger partial charge on any atom is -0.497 e. The third kappa shape index (κ3) is 6.13. The van der Waals surface area contributed by atoms with Crippen molar-refractivity contribution < 1.29 is 27.4 Å². The van der Waals surface area contributed by atoms with Crippen molar-refractivity contribution in [1.82, 2.24) is 9.80 Å². The molecule has 2 aromatic carbocycles. The molecule has 1 heterocycles. The number of amides is 1. The van der Waals surface area contributed by atoms with E-state index in [1.165, 1.54) is 17.7 Å². The van der Waals surface area contributed by atoms with Crippen LogP contribution in [0.1, 0.15) is 17.5 Å². The van der Waals surface area contributed by atoms with E-state index in [0.717, 1.165) is 43.9 Å². The lowest BCUT2D eigenvalue weighted by Gasteiger charge is -2.22. The lowest BCUT2D eigenvalue weighted by molar-refractivity contribution is -0.137. The van der Waals surface area contributed by atoms with E-state index in [9.17, 15) is 18.0 Å². The summed E-state index contributed by atoms with van der Waals surface area (Å²) < 4.78 is 48.4. The van der Waals surface area contributed by atoms with Crippen LogP contribution >= 0.6 is 0 Å². The van der Waals surface area contributed by atoms with Gasteiger partial charge in [-0.3, -0.25) is 9.69 Å². The van der Waals surface area contributed by atoms with E-state index in [1.807, 2.05) is 24.3 Å². The summed E-state index contributed by atoms with van der Waals surface area (Å²) >= 11 is 0. The van der Waals surface area contributed by atoms with E-state index in [-0.39, 0.29) is 18.3 Å². The van der Waals surface area contributed by atoms with Crippen molar-refractivity contribution in [3.05, 3.63) is 59.7 Å². The summed E-state index contributed by atoms with van der Waals surface area (Å²) in [5.74, 6) is 0.896. The number of rotatable bonds is 6. The molecule has 0 atom stereocenters. The fraction of sp³-hybridized carbons (Fsp3) is 0.409. The van der Waals surface area contributed by atoms with Crippen LogP contribution in [0.4, 0.5) is 13.2 Å². The van der Waals surface area contributed by atoms with Crippen molar-refractivity contribution >= 4 is 5.91 Å². The van der Waals surface area contributed by atoms with Crippen molar-refractivity contribution in [1.29, 1.82) is 0 Å². The Bertz CT molecular complexity index is 823. The number of benzene rings is 2. The molecule has 0 aromatic heterocycles. The van der Waals surface area contributed by atoms with Gasteiger partial charge in [0.05, 0.1) is 12.7 Å². The molecule has 0 N–H and O–H groups in total. The Morgan fingerprint density at radius 3 is 2.23 bits per heavy atom. The van der Waals surface area contributed by atoms with Crippen molar-refractivity contribution in [3.8, 4) is 11.5 Å². The molecule has 2 aromatic rings. The molecule has 0 spiro atoms. The number of hydrogen-bond acceptors (Lipinski definition) is 4. The quantitative estimate of drug-likeness (QED) is 0.710. The van der Waals surface area contributed by atoms with Gasteiger partial charge in [-0.05, 0) is 48.4 Å². The summed E-state index contributed by atoms with van der Waals surface area (Å²) in [7, 11) is 1.64. The highest BCUT2D eigenvalue weighted by molar-refractivity contribution is 5.77. The number of ether oxygens (including phenoxy) is 2. The molecule has 1 fully saturated rings. The maximum absolute atomic E-state index is 12.6. The molecule has 1 aliphatic heterocycles. The van der Waals surface area contributed by atoms with Crippen LogP contribution in [-0.4, -0.2) is 55.6 Å². The lowest BCUT2D eigenvalue weighted by Crippen LogP contribution is -2.38. The van der Waals surface area contributed by atoms with E-state index in [2.05, 4.69) is 4.90 Å². The molecular weight excluding hydrogens is 397 g/mol. The van der Waals surface area contributed by atoms with Crippen LogP contribution in [0.3, 0.4) is 0 Å². The predicted octanol–water partition coefficient (Wildman–Crippen LogP) is 3.83. The molecule has 5 nitrogen and oxygen atoms in total. The summed E-state index contributed by atoms with van der Waals surface area (Å²) in [6.45, 7) is 3.46. The standard InChI is InChI=1S/C22H25F3N2O3/c1-29-19-7-3-17(4-8-19)15-26-11-2-12-27(14-13-26)21(28)16-30-20-9-5-18(6-10-20)22(23,24)25/h3-10H,2,11-16H2,1H3. The highest BCUT2D eigenvalue weighted by Crippen LogP contribution is 2.30. The first-order valence-corrected chi connectivity index (χ1v) is 9.78. The number of alkyl halides is 3. The van der Waals surface area contributed by atoms with E-state index in [0.29, 0.717) is 13.1 Å². The molecule has 1 aliphatic rings. The Labute approximate surface area is 174 Å². The average molecular weight is 422 g/mol. The van der Waals surface area contributed by atoms with Crippen LogP contribution < -0.4 is 9.47 Å². The first kappa shape index (κ1) is 22.0. The van der Waals surface area contributed by atoms with E-state index in [1.54, 1.807) is 12.0 Å². The summed E-state index contributed by atoms with van der Waals surface area (Å²) in [5, 5.41) is 0. The van der Waals surface area contributed by atoms with Gasteiger partial charge in [0.2, 0.25) is 0 Å². The molecule has 162 valence electrons. The summed E-state index contributed by atoms with van der Waals surface area (Å²) in [4.78, 5) is 16.5. The smallest absolute Gasteiger partial charge is 0.416 e. The number of halogens is 3. The molecule has 1 amide bonds. The predicted molar refractivity (Wildman–Crippen MR) is 106 cm³/mol. The van der Waals surface area contributed by atoms with Gasteiger partial charge >= 0.3 is 6.18 Å². The number of methoxy groups -OCH3 is 1. The number of hydrogen-bond donors (Lipinski definition) is 0. The Kier molecular flexibility index (Phi) is 7.20. The third-order valence-electron chi connectivity index (χ3n) is 5.05. The van der Waals surface area contributed by atoms with E-state index in [4.69, 9.17) is 9.47 Å². The minimum absolute atomic E-state index is 0.166. The molecule has 1 saturated heterocycles. The molecule has 3 rings (SSSR count). The molecular formula is C22H25F3N2O3. The summed E-state index contributed by atoms with van der Waals surface area (Å²) in [6.07, 6.45) is -3.54. The minimum atomic E-state index is -4.39. The van der Waals surface area contributed by atoms with E-state index >= 15 is 0 Å². The van der Waals surface area contributed by atoms with Gasteiger partial charge in [-0.15, -0.1) is 0 Å². The summed E-state index contributed by atoms with van der Waals surface area (Å²) in [5.41, 5.74) is 0.437. The highest BCUT2D eigenvalue weighted by Gasteiger charge is 2.30. The molecule has 0 aliphatic carbocycles. The Morgan fingerprint density at radius 2 is 1.60 bits per heavy atom. The van der Waals surface area contributed by atoms with Gasteiger partial charge in [-0.1, -0.05) is 12.1 Å². The second-order valence-corrected chi connectivity index (χ2v) is 7.17. The fourth-order valence-electron chi connectivity index (χ4n) is 3.34. The molecule has 8 heteroatoms. The molecule has 30 heavy (non-hydrogen) atoms. The zero-order chi connectivity index (χ0) is 21.6. The van der Waals surface area contributed by atoms with Gasteiger partial charge in [-0.2, -0.15) is 13.2 Å². The van der Waals surface area contributed by atoms with Crippen LogP contribution in [0.2, 0.25) is 0 Å². The number of carbonyl (C=O) groups excluding carboxylic acids is 1. The van der Waals surface area contributed by atoms with Crippen molar-refractivity contribution in [3.63, 3.8) is 0 Å². The fourth-order valence-corrected chi connectivity index (χ4v) is 3.34. The molecule has 0 saturated carbocycles. The van der Waals surface area contributed by atoms with Crippen LogP contribution in [0, 0.1) is 0 Å². The van der Waals surface area contributed by atoms with Crippen LogP contribution in [-0.2, 0) is 17.5 Å². The lowest BCUT2D eigenvalue weighted by atomic mass is 10.2. The first-order chi connectivity index (χ1) is 14.3. The largest absolute Gasteiger partial charge is 0.497 e. The van der Waals surface area contributed by atoms with Gasteiger partial charge in [0.25, 0.3) is 5.91 Å². The summed E-state index contributed by atoms with van der Waals surface area (Å²) in [6, 6.07) is 12.3. The van der Waals surface area contributed by atoms with Crippen LogP contribution in [0.25, 0.3) is 0 Å².